The third-order valence-corrected chi connectivity index (χ3v) is 8.95. The van der Waals surface area contributed by atoms with E-state index in [1.165, 1.54) is 37.1 Å². The first kappa shape index (κ1) is 26.1. The number of nitrogens with zero attached hydrogens (tertiary/aromatic N) is 3. The van der Waals surface area contributed by atoms with E-state index in [0.29, 0.717) is 31.0 Å². The predicted octanol–water partition coefficient (Wildman–Crippen LogP) is 1.08. The zero-order valence-corrected chi connectivity index (χ0v) is 21.4. The minimum atomic E-state index is -4.33. The summed E-state index contributed by atoms with van der Waals surface area (Å²) in [7, 11) is -3.05. The van der Waals surface area contributed by atoms with E-state index in [-0.39, 0.29) is 36.5 Å². The number of amides is 2. The molecule has 4 rings (SSSR count). The Morgan fingerprint density at radius 3 is 2.44 bits per heavy atom. The average molecular weight is 540 g/mol. The summed E-state index contributed by atoms with van der Waals surface area (Å²) < 4.78 is 37.8. The minimum absolute atomic E-state index is 0.0295. The van der Waals surface area contributed by atoms with E-state index in [0.717, 1.165) is 10.6 Å². The van der Waals surface area contributed by atoms with E-state index in [4.69, 9.17) is 20.8 Å². The Kier molecular flexibility index (Phi) is 7.13. The summed E-state index contributed by atoms with van der Waals surface area (Å²) in [4.78, 5) is 52.8. The Morgan fingerprint density at radius 1 is 1.14 bits per heavy atom. The molecule has 0 aliphatic carbocycles. The summed E-state index contributed by atoms with van der Waals surface area (Å²) in [5.74, 6) is -1.06. The summed E-state index contributed by atoms with van der Waals surface area (Å²) in [6.07, 6.45) is 1.52. The van der Waals surface area contributed by atoms with Gasteiger partial charge in [0.15, 0.2) is 4.90 Å². The van der Waals surface area contributed by atoms with E-state index < -0.39 is 44.2 Å². The molecule has 2 aliphatic heterocycles. The van der Waals surface area contributed by atoms with Gasteiger partial charge in [-0.15, -0.1) is 0 Å². The van der Waals surface area contributed by atoms with E-state index in [9.17, 15) is 27.6 Å². The fourth-order valence-electron chi connectivity index (χ4n) is 4.72. The van der Waals surface area contributed by atoms with Crippen molar-refractivity contribution in [1.29, 1.82) is 0 Å². The van der Waals surface area contributed by atoms with Crippen LogP contribution in [-0.2, 0) is 29.1 Å². The number of hydrogen-bond acceptors (Lipinski definition) is 8. The van der Waals surface area contributed by atoms with Crippen molar-refractivity contribution in [3.63, 3.8) is 0 Å². The number of halogens is 1. The number of piperazine rings is 1. The highest BCUT2D eigenvalue weighted by Crippen LogP contribution is 2.35. The van der Waals surface area contributed by atoms with Crippen molar-refractivity contribution in [1.82, 2.24) is 14.1 Å². The Hall–Kier alpha value is -2.96. The lowest BCUT2D eigenvalue weighted by molar-refractivity contribution is -0.161. The standard InChI is InChI=1S/C23H26ClN3O8S/c1-15(28)25-7-5-23(6-8-25,22(31)34-2)14-26-9-10-27(12-20(26)29)36(32,33)19-13-35-18-11-16(24)3-4-17(18)21(19)30/h3-4,11,13H,5-10,12,14H2,1-2H3. The molecule has 2 aromatic rings. The van der Waals surface area contributed by atoms with Crippen molar-refractivity contribution in [3.8, 4) is 0 Å². The van der Waals surface area contributed by atoms with Crippen molar-refractivity contribution in [2.45, 2.75) is 24.7 Å². The van der Waals surface area contributed by atoms with Gasteiger partial charge in [0.1, 0.15) is 11.8 Å². The molecular formula is C23H26ClN3O8S. The molecule has 0 N–H and O–H groups in total. The zero-order chi connectivity index (χ0) is 26.3. The highest BCUT2D eigenvalue weighted by Gasteiger charge is 2.46. The number of hydrogen-bond donors (Lipinski definition) is 0. The molecule has 0 spiro atoms. The van der Waals surface area contributed by atoms with Crippen LogP contribution in [0.1, 0.15) is 19.8 Å². The second-order valence-corrected chi connectivity index (χ2v) is 11.3. The number of esters is 1. The van der Waals surface area contributed by atoms with Crippen LogP contribution in [0.5, 0.6) is 0 Å². The highest BCUT2D eigenvalue weighted by molar-refractivity contribution is 7.89. The molecule has 194 valence electrons. The molecule has 1 aromatic heterocycles. The predicted molar refractivity (Wildman–Crippen MR) is 129 cm³/mol. The molecule has 1 aromatic carbocycles. The van der Waals surface area contributed by atoms with Gasteiger partial charge in [-0.25, -0.2) is 8.42 Å². The molecule has 0 unspecified atom stereocenters. The number of fused-ring (bicyclic) bond motifs is 1. The maximum atomic E-state index is 13.2. The number of ether oxygens (including phenoxy) is 1. The molecule has 2 aliphatic rings. The monoisotopic (exact) mass is 539 g/mol. The van der Waals surface area contributed by atoms with Crippen molar-refractivity contribution in [2.75, 3.05) is 46.4 Å². The van der Waals surface area contributed by atoms with Crippen LogP contribution >= 0.6 is 11.6 Å². The first-order valence-corrected chi connectivity index (χ1v) is 13.1. The lowest BCUT2D eigenvalue weighted by atomic mass is 9.77. The van der Waals surface area contributed by atoms with Gasteiger partial charge in [-0.1, -0.05) is 11.6 Å². The number of piperidine rings is 1. The van der Waals surface area contributed by atoms with Crippen molar-refractivity contribution >= 4 is 50.4 Å². The number of likely N-dealkylation sites (tertiary alicyclic amines) is 1. The van der Waals surface area contributed by atoms with Gasteiger partial charge in [0.2, 0.25) is 17.2 Å². The average Bonchev–Trinajstić information content (AvgIpc) is 2.84. The molecule has 0 radical (unpaired) electrons. The number of carbonyl (C=O) groups excluding carboxylic acids is 3. The third-order valence-electron chi connectivity index (χ3n) is 6.88. The van der Waals surface area contributed by atoms with Gasteiger partial charge in [-0.05, 0) is 25.0 Å². The molecule has 0 bridgehead atoms. The van der Waals surface area contributed by atoms with Gasteiger partial charge >= 0.3 is 5.97 Å². The second kappa shape index (κ2) is 9.83. The van der Waals surface area contributed by atoms with Crippen LogP contribution in [0.4, 0.5) is 0 Å². The van der Waals surface area contributed by atoms with Crippen LogP contribution in [0.2, 0.25) is 5.02 Å². The van der Waals surface area contributed by atoms with Crippen LogP contribution in [0.15, 0.2) is 38.6 Å². The molecule has 0 saturated carbocycles. The van der Waals surface area contributed by atoms with Crippen LogP contribution in [0, 0.1) is 5.41 Å². The lowest BCUT2D eigenvalue weighted by Crippen LogP contribution is -2.58. The van der Waals surface area contributed by atoms with E-state index in [1.54, 1.807) is 4.90 Å². The quantitative estimate of drug-likeness (QED) is 0.515. The van der Waals surface area contributed by atoms with Gasteiger partial charge in [0.25, 0.3) is 10.0 Å². The molecule has 0 atom stereocenters. The fourth-order valence-corrected chi connectivity index (χ4v) is 6.28. The number of rotatable bonds is 5. The molecule has 2 fully saturated rings. The van der Waals surface area contributed by atoms with Crippen molar-refractivity contribution in [3.05, 3.63) is 39.7 Å². The zero-order valence-electron chi connectivity index (χ0n) is 19.9. The molecule has 3 heterocycles. The summed E-state index contributed by atoms with van der Waals surface area (Å²) in [6.45, 7) is 1.70. The van der Waals surface area contributed by atoms with Crippen LogP contribution in [0.25, 0.3) is 11.0 Å². The normalized spacial score (nSPS) is 18.9. The molecule has 2 saturated heterocycles. The molecular weight excluding hydrogens is 514 g/mol. The van der Waals surface area contributed by atoms with Gasteiger partial charge in [-0.2, -0.15) is 4.31 Å². The smallest absolute Gasteiger partial charge is 0.313 e. The summed E-state index contributed by atoms with van der Waals surface area (Å²) in [5.41, 5.74) is -1.58. The SMILES string of the molecule is COC(=O)C1(CN2CCN(S(=O)(=O)c3coc4cc(Cl)ccc4c3=O)CC2=O)CCN(C(C)=O)CC1. The summed E-state index contributed by atoms with van der Waals surface area (Å²) in [5, 5.41) is 0.391. The highest BCUT2D eigenvalue weighted by atomic mass is 35.5. The number of carbonyl (C=O) groups is 3. The minimum Gasteiger partial charge on any atom is -0.469 e. The largest absolute Gasteiger partial charge is 0.469 e. The summed E-state index contributed by atoms with van der Waals surface area (Å²) in [6, 6.07) is 4.25. The van der Waals surface area contributed by atoms with Crippen molar-refractivity contribution < 1.29 is 32.0 Å². The van der Waals surface area contributed by atoms with Gasteiger partial charge in [-0.3, -0.25) is 19.2 Å². The molecule has 11 nitrogen and oxygen atoms in total. The third kappa shape index (κ3) is 4.72. The maximum absolute atomic E-state index is 13.2. The maximum Gasteiger partial charge on any atom is 0.313 e. The van der Waals surface area contributed by atoms with Crippen LogP contribution in [0.3, 0.4) is 0 Å². The molecule has 13 heteroatoms. The number of sulfonamides is 1. The Morgan fingerprint density at radius 2 is 1.83 bits per heavy atom. The molecule has 36 heavy (non-hydrogen) atoms. The van der Waals surface area contributed by atoms with E-state index in [2.05, 4.69) is 0 Å². The number of benzene rings is 1. The fraction of sp³-hybridized carbons (Fsp3) is 0.478. The first-order valence-electron chi connectivity index (χ1n) is 11.3. The van der Waals surface area contributed by atoms with Crippen LogP contribution < -0.4 is 5.43 Å². The Labute approximate surface area is 212 Å². The second-order valence-electron chi connectivity index (χ2n) is 9.00. The van der Waals surface area contributed by atoms with Gasteiger partial charge in [0, 0.05) is 50.7 Å². The van der Waals surface area contributed by atoms with Crippen LogP contribution in [-0.4, -0.2) is 86.7 Å². The van der Waals surface area contributed by atoms with Gasteiger partial charge in [0.05, 0.1) is 24.5 Å². The topological polar surface area (TPSA) is 135 Å². The number of methoxy groups -OCH3 is 1. The van der Waals surface area contributed by atoms with Crippen molar-refractivity contribution in [2.24, 2.45) is 5.41 Å². The van der Waals surface area contributed by atoms with E-state index >= 15 is 0 Å². The summed E-state index contributed by atoms with van der Waals surface area (Å²) >= 11 is 5.90. The Balaban J connectivity index is 1.52. The lowest BCUT2D eigenvalue weighted by Gasteiger charge is -2.43. The Bertz CT molecular complexity index is 1380. The van der Waals surface area contributed by atoms with E-state index in [1.807, 2.05) is 0 Å². The first-order chi connectivity index (χ1) is 17.0. The molecule has 2 amide bonds. The van der Waals surface area contributed by atoms with Gasteiger partial charge < -0.3 is 19.0 Å².